The Bertz CT molecular complexity index is 544. The van der Waals surface area contributed by atoms with Gasteiger partial charge in [0.1, 0.15) is 5.82 Å². The highest BCUT2D eigenvalue weighted by Gasteiger charge is 2.18. The fraction of sp³-hybridized carbons (Fsp3) is 0.267. The number of aryl methyl sites for hydroxylation is 2. The number of carbonyl (C=O) groups is 1. The number of nitrogens with zero attached hydrogens (tertiary/aromatic N) is 2. The molecule has 1 aromatic carbocycles. The minimum Gasteiger partial charge on any atom is -0.293 e. The van der Waals surface area contributed by atoms with Gasteiger partial charge in [-0.15, -0.1) is 0 Å². The van der Waals surface area contributed by atoms with Crippen LogP contribution in [-0.4, -0.2) is 15.8 Å². The van der Waals surface area contributed by atoms with E-state index in [0.717, 1.165) is 17.0 Å². The van der Waals surface area contributed by atoms with Crippen molar-refractivity contribution in [3.63, 3.8) is 0 Å². The molecule has 0 spiro atoms. The summed E-state index contributed by atoms with van der Waals surface area (Å²) in [6.45, 7) is 5.64. The molecule has 1 atom stereocenters. The molecule has 0 bridgehead atoms. The quantitative estimate of drug-likeness (QED) is 0.774. The van der Waals surface area contributed by atoms with Gasteiger partial charge in [0.05, 0.1) is 11.6 Å². The number of rotatable bonds is 3. The molecule has 0 aliphatic rings. The van der Waals surface area contributed by atoms with Gasteiger partial charge in [-0.1, -0.05) is 30.3 Å². The van der Waals surface area contributed by atoms with Crippen LogP contribution in [0.15, 0.2) is 36.4 Å². The number of hydrogen-bond donors (Lipinski definition) is 0. The lowest BCUT2D eigenvalue weighted by Crippen LogP contribution is -2.12. The van der Waals surface area contributed by atoms with Gasteiger partial charge in [0.2, 0.25) is 0 Å². The number of aromatic nitrogens is 2. The van der Waals surface area contributed by atoms with Gasteiger partial charge in [-0.3, -0.25) is 4.79 Å². The van der Waals surface area contributed by atoms with Gasteiger partial charge in [-0.05, 0) is 26.8 Å². The molecule has 3 nitrogen and oxygen atoms in total. The van der Waals surface area contributed by atoms with Crippen LogP contribution in [0, 0.1) is 13.8 Å². The van der Waals surface area contributed by atoms with E-state index in [9.17, 15) is 4.79 Å². The lowest BCUT2D eigenvalue weighted by atomic mass is 9.96. The first-order valence-electron chi connectivity index (χ1n) is 5.99. The Labute approximate surface area is 107 Å². The van der Waals surface area contributed by atoms with Gasteiger partial charge in [0.25, 0.3) is 0 Å². The Kier molecular flexibility index (Phi) is 3.51. The van der Waals surface area contributed by atoms with Gasteiger partial charge in [0.15, 0.2) is 5.78 Å². The molecule has 0 aliphatic carbocycles. The standard InChI is InChI=1S/C15H16N2O/c1-10-9-14(17-12(3)16-10)11(2)15(18)13-7-5-4-6-8-13/h4-9,11H,1-3H3. The highest BCUT2D eigenvalue weighted by molar-refractivity contribution is 6.00. The monoisotopic (exact) mass is 240 g/mol. The molecule has 1 aromatic heterocycles. The van der Waals surface area contributed by atoms with Crippen molar-refractivity contribution in [2.24, 2.45) is 0 Å². The topological polar surface area (TPSA) is 42.9 Å². The minimum absolute atomic E-state index is 0.0908. The number of hydrogen-bond acceptors (Lipinski definition) is 3. The van der Waals surface area contributed by atoms with Crippen molar-refractivity contribution < 1.29 is 4.79 Å². The summed E-state index contributed by atoms with van der Waals surface area (Å²) in [6, 6.07) is 11.2. The Balaban J connectivity index is 2.31. The molecule has 0 amide bonds. The predicted octanol–water partition coefficient (Wildman–Crippen LogP) is 3.08. The molecule has 1 heterocycles. The molecule has 0 saturated carbocycles. The number of ketones is 1. The van der Waals surface area contributed by atoms with E-state index in [1.54, 1.807) is 0 Å². The molecule has 92 valence electrons. The number of carbonyl (C=O) groups excluding carboxylic acids is 1. The summed E-state index contributed by atoms with van der Waals surface area (Å²) in [5, 5.41) is 0. The maximum atomic E-state index is 12.3. The van der Waals surface area contributed by atoms with Gasteiger partial charge < -0.3 is 0 Å². The second-order valence-corrected chi connectivity index (χ2v) is 4.43. The average Bonchev–Trinajstić information content (AvgIpc) is 2.37. The van der Waals surface area contributed by atoms with Crippen molar-refractivity contribution in [1.29, 1.82) is 0 Å². The van der Waals surface area contributed by atoms with E-state index in [1.165, 1.54) is 0 Å². The molecule has 18 heavy (non-hydrogen) atoms. The van der Waals surface area contributed by atoms with Crippen molar-refractivity contribution in [2.45, 2.75) is 26.7 Å². The Morgan fingerprint density at radius 3 is 2.39 bits per heavy atom. The van der Waals surface area contributed by atoms with Gasteiger partial charge in [-0.2, -0.15) is 0 Å². The summed E-state index contributed by atoms with van der Waals surface area (Å²) >= 11 is 0. The van der Waals surface area contributed by atoms with E-state index in [1.807, 2.05) is 57.2 Å². The Morgan fingerprint density at radius 1 is 1.11 bits per heavy atom. The highest BCUT2D eigenvalue weighted by atomic mass is 16.1. The lowest BCUT2D eigenvalue weighted by Gasteiger charge is -2.11. The van der Waals surface area contributed by atoms with E-state index in [-0.39, 0.29) is 11.7 Å². The van der Waals surface area contributed by atoms with E-state index in [0.29, 0.717) is 5.82 Å². The molecular formula is C15H16N2O. The van der Waals surface area contributed by atoms with Crippen LogP contribution in [0.1, 0.15) is 40.4 Å². The van der Waals surface area contributed by atoms with Crippen LogP contribution in [0.5, 0.6) is 0 Å². The summed E-state index contributed by atoms with van der Waals surface area (Å²) < 4.78 is 0. The molecular weight excluding hydrogens is 224 g/mol. The van der Waals surface area contributed by atoms with Crippen LogP contribution in [0.3, 0.4) is 0 Å². The zero-order chi connectivity index (χ0) is 13.1. The third-order valence-corrected chi connectivity index (χ3v) is 2.88. The van der Waals surface area contributed by atoms with Crippen molar-refractivity contribution in [2.75, 3.05) is 0 Å². The molecule has 0 saturated heterocycles. The third-order valence-electron chi connectivity index (χ3n) is 2.88. The first-order valence-corrected chi connectivity index (χ1v) is 5.99. The molecule has 0 radical (unpaired) electrons. The van der Waals surface area contributed by atoms with Gasteiger partial charge in [0, 0.05) is 11.3 Å². The lowest BCUT2D eigenvalue weighted by molar-refractivity contribution is 0.0964. The van der Waals surface area contributed by atoms with Crippen LogP contribution in [0.25, 0.3) is 0 Å². The van der Waals surface area contributed by atoms with Crippen LogP contribution >= 0.6 is 0 Å². The fourth-order valence-electron chi connectivity index (χ4n) is 1.95. The summed E-state index contributed by atoms with van der Waals surface area (Å²) in [7, 11) is 0. The van der Waals surface area contributed by atoms with E-state index in [4.69, 9.17) is 0 Å². The fourth-order valence-corrected chi connectivity index (χ4v) is 1.95. The average molecular weight is 240 g/mol. The molecule has 2 aromatic rings. The zero-order valence-corrected chi connectivity index (χ0v) is 10.8. The second kappa shape index (κ2) is 5.08. The first kappa shape index (κ1) is 12.4. The van der Waals surface area contributed by atoms with Crippen molar-refractivity contribution in [3.05, 3.63) is 59.2 Å². The summed E-state index contributed by atoms with van der Waals surface area (Å²) in [5.74, 6) is 0.554. The summed E-state index contributed by atoms with van der Waals surface area (Å²) in [4.78, 5) is 20.9. The first-order chi connectivity index (χ1) is 8.58. The normalized spacial score (nSPS) is 12.2. The summed E-state index contributed by atoms with van der Waals surface area (Å²) in [5.41, 5.74) is 2.40. The molecule has 2 rings (SSSR count). The van der Waals surface area contributed by atoms with E-state index in [2.05, 4.69) is 9.97 Å². The van der Waals surface area contributed by atoms with Crippen molar-refractivity contribution >= 4 is 5.78 Å². The van der Waals surface area contributed by atoms with Crippen LogP contribution in [0.2, 0.25) is 0 Å². The maximum absolute atomic E-state index is 12.3. The Hall–Kier alpha value is -2.03. The molecule has 0 fully saturated rings. The van der Waals surface area contributed by atoms with Crippen LogP contribution in [0.4, 0.5) is 0 Å². The third kappa shape index (κ3) is 2.62. The molecule has 0 aliphatic heterocycles. The van der Waals surface area contributed by atoms with E-state index >= 15 is 0 Å². The van der Waals surface area contributed by atoms with Crippen LogP contribution < -0.4 is 0 Å². The zero-order valence-electron chi connectivity index (χ0n) is 10.8. The molecule has 3 heteroatoms. The van der Waals surface area contributed by atoms with Gasteiger partial charge >= 0.3 is 0 Å². The highest BCUT2D eigenvalue weighted by Crippen LogP contribution is 2.19. The van der Waals surface area contributed by atoms with E-state index < -0.39 is 0 Å². The largest absolute Gasteiger partial charge is 0.293 e. The number of Topliss-reactive ketones (excluding diaryl/α,β-unsaturated/α-hetero) is 1. The molecule has 0 N–H and O–H groups in total. The number of benzene rings is 1. The maximum Gasteiger partial charge on any atom is 0.171 e. The Morgan fingerprint density at radius 2 is 1.78 bits per heavy atom. The smallest absolute Gasteiger partial charge is 0.171 e. The second-order valence-electron chi connectivity index (χ2n) is 4.43. The van der Waals surface area contributed by atoms with Crippen molar-refractivity contribution in [3.8, 4) is 0 Å². The van der Waals surface area contributed by atoms with Crippen LogP contribution in [-0.2, 0) is 0 Å². The summed E-state index contributed by atoms with van der Waals surface area (Å²) in [6.07, 6.45) is 0. The van der Waals surface area contributed by atoms with Crippen molar-refractivity contribution in [1.82, 2.24) is 9.97 Å². The predicted molar refractivity (Wildman–Crippen MR) is 70.7 cm³/mol. The SMILES string of the molecule is Cc1cc(C(C)C(=O)c2ccccc2)nc(C)n1. The van der Waals surface area contributed by atoms with Gasteiger partial charge in [-0.25, -0.2) is 9.97 Å². The molecule has 1 unspecified atom stereocenters. The minimum atomic E-state index is -0.243.